The molecule has 0 spiro atoms. The zero-order chi connectivity index (χ0) is 10.8. The number of hydrogen-bond donors (Lipinski definition) is 1. The fourth-order valence-corrected chi connectivity index (χ4v) is 2.24. The Bertz CT molecular complexity index is 482. The Hall–Kier alpha value is -0.770. The largest absolute Gasteiger partial charge is 0.365 e. The molecule has 0 bridgehead atoms. The van der Waals surface area contributed by atoms with Crippen molar-refractivity contribution in [2.75, 3.05) is 12.4 Å². The molecule has 0 saturated carbocycles. The fourth-order valence-electron chi connectivity index (χ4n) is 1.17. The van der Waals surface area contributed by atoms with Crippen LogP contribution in [0.1, 0.15) is 0 Å². The van der Waals surface area contributed by atoms with E-state index in [1.165, 1.54) is 0 Å². The van der Waals surface area contributed by atoms with Crippen LogP contribution >= 0.6 is 34.5 Å². The Balaban J connectivity index is 2.40. The monoisotopic (exact) mass is 258 g/mol. The molecule has 1 aromatic carbocycles. The van der Waals surface area contributed by atoms with Gasteiger partial charge in [0.05, 0.1) is 14.9 Å². The van der Waals surface area contributed by atoms with E-state index in [2.05, 4.69) is 10.3 Å². The second-order valence-electron chi connectivity index (χ2n) is 2.91. The zero-order valence-electron chi connectivity index (χ0n) is 7.92. The molecule has 0 saturated heterocycles. The minimum atomic E-state index is 0.563. The van der Waals surface area contributed by atoms with Gasteiger partial charge in [-0.2, -0.15) is 0 Å². The van der Waals surface area contributed by atoms with Crippen LogP contribution in [0.25, 0.3) is 10.4 Å². The average Bonchev–Trinajstić information content (AvgIpc) is 2.70. The van der Waals surface area contributed by atoms with Gasteiger partial charge >= 0.3 is 0 Å². The second-order valence-corrected chi connectivity index (χ2v) is 4.75. The summed E-state index contributed by atoms with van der Waals surface area (Å²) in [5.41, 5.74) is 1.03. The lowest BCUT2D eigenvalue weighted by molar-refractivity contribution is 1.37. The van der Waals surface area contributed by atoms with Gasteiger partial charge in [-0.05, 0) is 17.7 Å². The van der Waals surface area contributed by atoms with Gasteiger partial charge in [-0.25, -0.2) is 4.98 Å². The Morgan fingerprint density at radius 1 is 1.27 bits per heavy atom. The number of thiazole rings is 1. The van der Waals surface area contributed by atoms with Gasteiger partial charge < -0.3 is 5.32 Å². The average molecular weight is 259 g/mol. The van der Waals surface area contributed by atoms with Crippen LogP contribution in [-0.4, -0.2) is 12.0 Å². The van der Waals surface area contributed by atoms with Crippen molar-refractivity contribution in [3.63, 3.8) is 0 Å². The number of nitrogens with zero attached hydrogens (tertiary/aromatic N) is 1. The first-order valence-electron chi connectivity index (χ1n) is 4.29. The van der Waals surface area contributed by atoms with E-state index in [0.717, 1.165) is 15.6 Å². The zero-order valence-corrected chi connectivity index (χ0v) is 10.2. The lowest BCUT2D eigenvalue weighted by Gasteiger charge is -1.99. The van der Waals surface area contributed by atoms with Crippen LogP contribution in [0.4, 0.5) is 5.13 Å². The third-order valence-corrected chi connectivity index (χ3v) is 3.73. The van der Waals surface area contributed by atoms with Crippen molar-refractivity contribution in [2.45, 2.75) is 0 Å². The maximum atomic E-state index is 5.94. The van der Waals surface area contributed by atoms with E-state index in [-0.39, 0.29) is 0 Å². The van der Waals surface area contributed by atoms with E-state index in [4.69, 9.17) is 23.2 Å². The minimum Gasteiger partial charge on any atom is -0.365 e. The highest BCUT2D eigenvalue weighted by molar-refractivity contribution is 7.18. The molecule has 0 fully saturated rings. The van der Waals surface area contributed by atoms with Crippen molar-refractivity contribution in [2.24, 2.45) is 0 Å². The quantitative estimate of drug-likeness (QED) is 0.875. The molecule has 1 heterocycles. The van der Waals surface area contributed by atoms with E-state index >= 15 is 0 Å². The summed E-state index contributed by atoms with van der Waals surface area (Å²) in [6.45, 7) is 0. The maximum absolute atomic E-state index is 5.94. The first-order valence-corrected chi connectivity index (χ1v) is 5.87. The van der Waals surface area contributed by atoms with E-state index in [1.54, 1.807) is 17.4 Å². The second kappa shape index (κ2) is 4.39. The lowest BCUT2D eigenvalue weighted by atomic mass is 10.2. The van der Waals surface area contributed by atoms with Crippen molar-refractivity contribution in [1.82, 2.24) is 4.98 Å². The van der Waals surface area contributed by atoms with E-state index in [0.29, 0.717) is 10.0 Å². The lowest BCUT2D eigenvalue weighted by Crippen LogP contribution is -1.83. The highest BCUT2D eigenvalue weighted by Gasteiger charge is 2.05. The summed E-state index contributed by atoms with van der Waals surface area (Å²) in [4.78, 5) is 5.26. The number of benzene rings is 1. The molecule has 0 unspecified atom stereocenters. The van der Waals surface area contributed by atoms with Crippen LogP contribution < -0.4 is 5.32 Å². The molecule has 5 heteroatoms. The number of aromatic nitrogens is 1. The standard InChI is InChI=1S/C10H8Cl2N2S/c1-13-10-14-5-9(15-10)6-2-3-7(11)8(12)4-6/h2-5H,1H3,(H,13,14). The predicted molar refractivity (Wildman–Crippen MR) is 67.1 cm³/mol. The summed E-state index contributed by atoms with van der Waals surface area (Å²) in [5, 5.41) is 5.01. The molecule has 1 N–H and O–H groups in total. The molecule has 2 rings (SSSR count). The number of nitrogens with one attached hydrogen (secondary N) is 1. The molecule has 78 valence electrons. The van der Waals surface area contributed by atoms with Crippen molar-refractivity contribution in [3.8, 4) is 10.4 Å². The minimum absolute atomic E-state index is 0.563. The summed E-state index contributed by atoms with van der Waals surface area (Å²) in [7, 11) is 1.84. The molecular weight excluding hydrogens is 251 g/mol. The fraction of sp³-hybridized carbons (Fsp3) is 0.100. The van der Waals surface area contributed by atoms with Gasteiger partial charge in [0.15, 0.2) is 5.13 Å². The number of halogens is 2. The first-order chi connectivity index (χ1) is 7.20. The van der Waals surface area contributed by atoms with Crippen LogP contribution in [0.2, 0.25) is 10.0 Å². The SMILES string of the molecule is CNc1ncc(-c2ccc(Cl)c(Cl)c2)s1. The van der Waals surface area contributed by atoms with Crippen LogP contribution in [-0.2, 0) is 0 Å². The van der Waals surface area contributed by atoms with Gasteiger partial charge in [-0.15, -0.1) is 0 Å². The van der Waals surface area contributed by atoms with E-state index < -0.39 is 0 Å². The molecule has 0 aliphatic rings. The van der Waals surface area contributed by atoms with E-state index in [9.17, 15) is 0 Å². The van der Waals surface area contributed by atoms with Gasteiger partial charge in [0, 0.05) is 13.2 Å². The predicted octanol–water partition coefficient (Wildman–Crippen LogP) is 4.16. The number of rotatable bonds is 2. The Morgan fingerprint density at radius 3 is 2.67 bits per heavy atom. The molecule has 0 radical (unpaired) electrons. The van der Waals surface area contributed by atoms with Crippen molar-refractivity contribution in [1.29, 1.82) is 0 Å². The number of hydrogen-bond acceptors (Lipinski definition) is 3. The third-order valence-electron chi connectivity index (χ3n) is 1.92. The molecule has 15 heavy (non-hydrogen) atoms. The Labute approximate surface area is 102 Å². The van der Waals surface area contributed by atoms with Gasteiger partial charge in [-0.3, -0.25) is 0 Å². The van der Waals surface area contributed by atoms with Crippen molar-refractivity contribution < 1.29 is 0 Å². The van der Waals surface area contributed by atoms with Crippen molar-refractivity contribution in [3.05, 3.63) is 34.4 Å². The first kappa shape index (κ1) is 10.7. The summed E-state index contributed by atoms with van der Waals surface area (Å²) in [6, 6.07) is 5.57. The van der Waals surface area contributed by atoms with E-state index in [1.807, 2.05) is 25.4 Å². The topological polar surface area (TPSA) is 24.9 Å². The molecule has 2 nitrogen and oxygen atoms in total. The molecule has 0 atom stereocenters. The van der Waals surface area contributed by atoms with Gasteiger partial charge in [0.1, 0.15) is 0 Å². The molecular formula is C10H8Cl2N2S. The van der Waals surface area contributed by atoms with Gasteiger partial charge in [0.25, 0.3) is 0 Å². The van der Waals surface area contributed by atoms with Crippen LogP contribution in [0, 0.1) is 0 Å². The Kier molecular flexibility index (Phi) is 3.14. The molecule has 0 amide bonds. The molecule has 0 aliphatic heterocycles. The van der Waals surface area contributed by atoms with Crippen molar-refractivity contribution >= 4 is 39.7 Å². The highest BCUT2D eigenvalue weighted by Crippen LogP contribution is 2.32. The highest BCUT2D eigenvalue weighted by atomic mass is 35.5. The summed E-state index contributed by atoms with van der Waals surface area (Å²) >= 11 is 13.4. The van der Waals surface area contributed by atoms with Crippen LogP contribution in [0.5, 0.6) is 0 Å². The van der Waals surface area contributed by atoms with Crippen LogP contribution in [0.3, 0.4) is 0 Å². The summed E-state index contributed by atoms with van der Waals surface area (Å²) < 4.78 is 0. The van der Waals surface area contributed by atoms with Gasteiger partial charge in [0.2, 0.25) is 0 Å². The van der Waals surface area contributed by atoms with Crippen LogP contribution in [0.15, 0.2) is 24.4 Å². The molecule has 1 aromatic heterocycles. The smallest absolute Gasteiger partial charge is 0.182 e. The molecule has 2 aromatic rings. The van der Waals surface area contributed by atoms with Gasteiger partial charge in [-0.1, -0.05) is 40.6 Å². The number of anilines is 1. The summed E-state index contributed by atoms with van der Waals surface area (Å²) in [6.07, 6.45) is 1.82. The third kappa shape index (κ3) is 2.25. The maximum Gasteiger partial charge on any atom is 0.182 e. The summed E-state index contributed by atoms with van der Waals surface area (Å²) in [5.74, 6) is 0. The Morgan fingerprint density at radius 2 is 2.07 bits per heavy atom. The normalized spacial score (nSPS) is 10.3. The molecule has 0 aliphatic carbocycles.